The van der Waals surface area contributed by atoms with Gasteiger partial charge in [-0.2, -0.15) is 4.99 Å². The number of carbonyl (C=O) groups is 3. The quantitative estimate of drug-likeness (QED) is 0.615. The lowest BCUT2D eigenvalue weighted by Crippen LogP contribution is -2.56. The van der Waals surface area contributed by atoms with Gasteiger partial charge in [-0.1, -0.05) is 0 Å². The molecule has 2 aliphatic rings. The fourth-order valence-corrected chi connectivity index (χ4v) is 2.35. The summed E-state index contributed by atoms with van der Waals surface area (Å²) in [5, 5.41) is 2.26. The Hall–Kier alpha value is -1.80. The van der Waals surface area contributed by atoms with Gasteiger partial charge in [-0.25, -0.2) is 0 Å². The van der Waals surface area contributed by atoms with E-state index in [-0.39, 0.29) is 43.4 Å². The van der Waals surface area contributed by atoms with Crippen LogP contribution in [0.2, 0.25) is 0 Å². The third kappa shape index (κ3) is 3.61. The number of ether oxygens (including phenoxy) is 1. The first-order valence-corrected chi connectivity index (χ1v) is 6.41. The standard InChI is InChI=1S/C12H18N4O4/c1-8(16-5-10(18)13-11(19)6-16)3-15-4-9(17)14-12(7-15)20-2/h8H,3-7H2,1-2H3,(H,13,18,19). The highest BCUT2D eigenvalue weighted by Gasteiger charge is 2.29. The minimum Gasteiger partial charge on any atom is -0.483 e. The molecule has 0 aromatic carbocycles. The normalized spacial score (nSPS) is 23.3. The molecule has 2 rings (SSSR count). The van der Waals surface area contributed by atoms with Crippen LogP contribution in [0.3, 0.4) is 0 Å². The summed E-state index contributed by atoms with van der Waals surface area (Å²) in [7, 11) is 1.48. The molecule has 1 unspecified atom stereocenters. The number of imide groups is 1. The maximum Gasteiger partial charge on any atom is 0.262 e. The molecule has 0 aromatic heterocycles. The Morgan fingerprint density at radius 3 is 2.45 bits per heavy atom. The summed E-state index contributed by atoms with van der Waals surface area (Å²) >= 11 is 0. The smallest absolute Gasteiger partial charge is 0.262 e. The molecule has 110 valence electrons. The second-order valence-corrected chi connectivity index (χ2v) is 5.00. The van der Waals surface area contributed by atoms with E-state index in [9.17, 15) is 14.4 Å². The van der Waals surface area contributed by atoms with Gasteiger partial charge >= 0.3 is 0 Å². The van der Waals surface area contributed by atoms with Crippen molar-refractivity contribution in [3.8, 4) is 0 Å². The average Bonchev–Trinajstić information content (AvgIpc) is 2.36. The molecule has 1 atom stereocenters. The Balaban J connectivity index is 1.93. The molecular formula is C12H18N4O4. The maximum absolute atomic E-state index is 11.5. The third-order valence-electron chi connectivity index (χ3n) is 3.32. The number of hydrogen-bond acceptors (Lipinski definition) is 6. The van der Waals surface area contributed by atoms with Crippen LogP contribution in [0, 0.1) is 0 Å². The van der Waals surface area contributed by atoms with E-state index in [2.05, 4.69) is 10.3 Å². The molecule has 0 saturated carbocycles. The molecule has 8 heteroatoms. The Morgan fingerprint density at radius 1 is 1.20 bits per heavy atom. The fourth-order valence-electron chi connectivity index (χ4n) is 2.35. The lowest BCUT2D eigenvalue weighted by molar-refractivity contribution is -0.137. The van der Waals surface area contributed by atoms with Crippen molar-refractivity contribution in [2.75, 3.05) is 39.8 Å². The second kappa shape index (κ2) is 6.10. The zero-order chi connectivity index (χ0) is 14.7. The van der Waals surface area contributed by atoms with Crippen LogP contribution in [0.5, 0.6) is 0 Å². The maximum atomic E-state index is 11.5. The van der Waals surface area contributed by atoms with Crippen LogP contribution in [0.25, 0.3) is 0 Å². The van der Waals surface area contributed by atoms with Crippen molar-refractivity contribution in [3.63, 3.8) is 0 Å². The van der Waals surface area contributed by atoms with Gasteiger partial charge in [-0.3, -0.25) is 29.5 Å². The Labute approximate surface area is 116 Å². The van der Waals surface area contributed by atoms with Gasteiger partial charge in [0.2, 0.25) is 17.7 Å². The van der Waals surface area contributed by atoms with Crippen molar-refractivity contribution in [2.45, 2.75) is 13.0 Å². The molecule has 2 heterocycles. The van der Waals surface area contributed by atoms with Gasteiger partial charge in [-0.05, 0) is 6.92 Å². The zero-order valence-corrected chi connectivity index (χ0v) is 11.6. The summed E-state index contributed by atoms with van der Waals surface area (Å²) < 4.78 is 5.01. The summed E-state index contributed by atoms with van der Waals surface area (Å²) in [6, 6.07) is -0.0194. The van der Waals surface area contributed by atoms with Crippen LogP contribution in [-0.2, 0) is 19.1 Å². The van der Waals surface area contributed by atoms with Gasteiger partial charge in [0.1, 0.15) is 0 Å². The minimum atomic E-state index is -0.290. The van der Waals surface area contributed by atoms with Crippen LogP contribution in [0.4, 0.5) is 0 Å². The van der Waals surface area contributed by atoms with Gasteiger partial charge in [0.05, 0.1) is 33.3 Å². The molecule has 3 amide bonds. The van der Waals surface area contributed by atoms with Crippen molar-refractivity contribution in [1.82, 2.24) is 15.1 Å². The molecular weight excluding hydrogens is 264 g/mol. The van der Waals surface area contributed by atoms with E-state index in [0.717, 1.165) is 0 Å². The molecule has 0 aliphatic carbocycles. The van der Waals surface area contributed by atoms with Gasteiger partial charge < -0.3 is 4.74 Å². The molecule has 8 nitrogen and oxygen atoms in total. The lowest BCUT2D eigenvalue weighted by atomic mass is 10.2. The van der Waals surface area contributed by atoms with E-state index in [0.29, 0.717) is 19.0 Å². The Morgan fingerprint density at radius 2 is 1.85 bits per heavy atom. The molecule has 0 bridgehead atoms. The van der Waals surface area contributed by atoms with E-state index >= 15 is 0 Å². The number of hydrogen-bond donors (Lipinski definition) is 1. The summed E-state index contributed by atoms with van der Waals surface area (Å²) in [5.74, 6) is -0.433. The lowest BCUT2D eigenvalue weighted by Gasteiger charge is -2.34. The number of piperazine rings is 1. The van der Waals surface area contributed by atoms with Gasteiger partial charge in [-0.15, -0.1) is 0 Å². The van der Waals surface area contributed by atoms with Crippen LogP contribution < -0.4 is 5.32 Å². The number of amides is 3. The second-order valence-electron chi connectivity index (χ2n) is 5.00. The first kappa shape index (κ1) is 14.6. The Bertz CT molecular complexity index is 446. The van der Waals surface area contributed by atoms with Crippen molar-refractivity contribution in [2.24, 2.45) is 4.99 Å². The highest BCUT2D eigenvalue weighted by Crippen LogP contribution is 2.07. The predicted molar refractivity (Wildman–Crippen MR) is 70.1 cm³/mol. The summed E-state index contributed by atoms with van der Waals surface area (Å²) in [6.07, 6.45) is 0. The van der Waals surface area contributed by atoms with Crippen molar-refractivity contribution in [1.29, 1.82) is 0 Å². The number of methoxy groups -OCH3 is 1. The minimum absolute atomic E-state index is 0.0194. The van der Waals surface area contributed by atoms with Gasteiger partial charge in [0.25, 0.3) is 5.91 Å². The highest BCUT2D eigenvalue weighted by molar-refractivity contribution is 5.99. The molecule has 1 saturated heterocycles. The predicted octanol–water partition coefficient (Wildman–Crippen LogP) is -1.78. The van der Waals surface area contributed by atoms with Crippen molar-refractivity contribution < 1.29 is 19.1 Å². The fraction of sp³-hybridized carbons (Fsp3) is 0.667. The van der Waals surface area contributed by atoms with E-state index in [1.54, 1.807) is 4.90 Å². The molecule has 0 spiro atoms. The highest BCUT2D eigenvalue weighted by atomic mass is 16.5. The van der Waals surface area contributed by atoms with Crippen molar-refractivity contribution >= 4 is 23.6 Å². The van der Waals surface area contributed by atoms with Crippen molar-refractivity contribution in [3.05, 3.63) is 0 Å². The molecule has 1 N–H and O–H groups in total. The monoisotopic (exact) mass is 282 g/mol. The first-order chi connectivity index (χ1) is 9.47. The van der Waals surface area contributed by atoms with Crippen LogP contribution in [-0.4, -0.2) is 79.3 Å². The molecule has 1 fully saturated rings. The van der Waals surface area contributed by atoms with Crippen LogP contribution in [0.1, 0.15) is 6.92 Å². The average molecular weight is 282 g/mol. The van der Waals surface area contributed by atoms with E-state index in [1.165, 1.54) is 7.11 Å². The largest absolute Gasteiger partial charge is 0.483 e. The van der Waals surface area contributed by atoms with Crippen LogP contribution in [0.15, 0.2) is 4.99 Å². The van der Waals surface area contributed by atoms with E-state index in [1.807, 2.05) is 11.8 Å². The number of nitrogens with zero attached hydrogens (tertiary/aromatic N) is 3. The van der Waals surface area contributed by atoms with Gasteiger partial charge in [0, 0.05) is 12.6 Å². The van der Waals surface area contributed by atoms with E-state index in [4.69, 9.17) is 4.74 Å². The number of aliphatic imine (C=N–C) groups is 1. The zero-order valence-electron chi connectivity index (χ0n) is 11.6. The number of nitrogens with one attached hydrogen (secondary N) is 1. The van der Waals surface area contributed by atoms with Crippen LogP contribution >= 0.6 is 0 Å². The summed E-state index contributed by atoms with van der Waals surface area (Å²) in [5.41, 5.74) is 0. The SMILES string of the molecule is COC1=NC(=O)CN(CC(C)N2CC(=O)NC(=O)C2)C1. The molecule has 0 radical (unpaired) electrons. The molecule has 2 aliphatic heterocycles. The first-order valence-electron chi connectivity index (χ1n) is 6.41. The third-order valence-corrected chi connectivity index (χ3v) is 3.32. The van der Waals surface area contributed by atoms with E-state index < -0.39 is 0 Å². The summed E-state index contributed by atoms with van der Waals surface area (Å²) in [6.45, 7) is 3.56. The molecule has 0 aromatic rings. The molecule has 20 heavy (non-hydrogen) atoms. The number of carbonyl (C=O) groups excluding carboxylic acids is 3. The van der Waals surface area contributed by atoms with Gasteiger partial charge in [0.15, 0.2) is 0 Å². The Kier molecular flexibility index (Phi) is 4.46. The summed E-state index contributed by atoms with van der Waals surface area (Å²) in [4.78, 5) is 41.6. The topological polar surface area (TPSA) is 91.3 Å². The number of rotatable bonds is 3.